The van der Waals surface area contributed by atoms with Crippen LogP contribution in [0.5, 0.6) is 0 Å². The number of amides is 2. The molecule has 0 aliphatic carbocycles. The average molecular weight is 484 g/mol. The lowest BCUT2D eigenvalue weighted by molar-refractivity contribution is -0.130. The number of hydrogen-bond donors (Lipinski definition) is 5. The zero-order valence-electron chi connectivity index (χ0n) is 20.5. The number of amidine groups is 1. The number of carbonyl (C=O) groups excluding carboxylic acids is 2. The number of benzene rings is 3. The van der Waals surface area contributed by atoms with E-state index >= 15 is 0 Å². The zero-order chi connectivity index (χ0) is 25.5. The van der Waals surface area contributed by atoms with Crippen molar-refractivity contribution in [2.75, 3.05) is 6.54 Å². The van der Waals surface area contributed by atoms with Gasteiger partial charge >= 0.3 is 0 Å². The highest BCUT2D eigenvalue weighted by Gasteiger charge is 2.29. The first-order valence-corrected chi connectivity index (χ1v) is 12.3. The van der Waals surface area contributed by atoms with Crippen LogP contribution in [0.1, 0.15) is 42.4 Å². The van der Waals surface area contributed by atoms with Crippen LogP contribution in [0.15, 0.2) is 78.9 Å². The summed E-state index contributed by atoms with van der Waals surface area (Å²) in [6, 6.07) is 25.0. The second-order valence-electron chi connectivity index (χ2n) is 9.28. The minimum atomic E-state index is -0.655. The second kappa shape index (κ2) is 11.6. The van der Waals surface area contributed by atoms with Crippen LogP contribution in [0.4, 0.5) is 0 Å². The van der Waals surface area contributed by atoms with Crippen LogP contribution in [-0.2, 0) is 16.1 Å². The van der Waals surface area contributed by atoms with Crippen LogP contribution in [0.2, 0.25) is 0 Å². The molecule has 1 saturated heterocycles. The molecule has 4 rings (SSSR count). The Bertz CT molecular complexity index is 1210. The number of carbonyl (C=O) groups is 2. The highest BCUT2D eigenvalue weighted by Crippen LogP contribution is 2.31. The SMILES string of the molecule is C[C@H](NC(=O)[C@H]1C[C@@H](c2cccc(-c3ccccc3)c2)CCN1)C(=O)NCc1ccc(C(=N)N)cc1. The van der Waals surface area contributed by atoms with E-state index in [0.717, 1.165) is 18.5 Å². The van der Waals surface area contributed by atoms with E-state index in [4.69, 9.17) is 11.1 Å². The molecule has 36 heavy (non-hydrogen) atoms. The normalized spacial score (nSPS) is 18.1. The van der Waals surface area contributed by atoms with Crippen LogP contribution >= 0.6 is 0 Å². The quantitative estimate of drug-likeness (QED) is 0.249. The molecule has 0 bridgehead atoms. The predicted octanol–water partition coefficient (Wildman–Crippen LogP) is 3.29. The van der Waals surface area contributed by atoms with Gasteiger partial charge in [-0.1, -0.05) is 78.9 Å². The summed E-state index contributed by atoms with van der Waals surface area (Å²) >= 11 is 0. The Kier molecular flexibility index (Phi) is 8.13. The van der Waals surface area contributed by atoms with E-state index < -0.39 is 6.04 Å². The highest BCUT2D eigenvalue weighted by molar-refractivity contribution is 5.95. The maximum atomic E-state index is 13.0. The van der Waals surface area contributed by atoms with Crippen LogP contribution in [-0.4, -0.2) is 36.3 Å². The molecule has 7 heteroatoms. The number of nitrogens with one attached hydrogen (secondary N) is 4. The molecule has 1 aliphatic rings. The largest absolute Gasteiger partial charge is 0.384 e. The van der Waals surface area contributed by atoms with Gasteiger partial charge in [-0.05, 0) is 54.5 Å². The van der Waals surface area contributed by atoms with Gasteiger partial charge in [0.2, 0.25) is 11.8 Å². The van der Waals surface area contributed by atoms with Crippen LogP contribution in [0, 0.1) is 5.41 Å². The molecule has 1 fully saturated rings. The Morgan fingerprint density at radius 1 is 1.03 bits per heavy atom. The van der Waals surface area contributed by atoms with Gasteiger partial charge in [0.25, 0.3) is 0 Å². The summed E-state index contributed by atoms with van der Waals surface area (Å²) < 4.78 is 0. The average Bonchev–Trinajstić information content (AvgIpc) is 2.92. The van der Waals surface area contributed by atoms with Crippen molar-refractivity contribution in [1.82, 2.24) is 16.0 Å². The standard InChI is InChI=1S/C29H33N5O2/c1-19(28(35)33-18-20-10-12-22(13-11-20)27(30)31)34-29(36)26-17-25(14-15-32-26)24-9-5-8-23(16-24)21-6-3-2-4-7-21/h2-13,16,19,25-26,32H,14-15,17-18H2,1H3,(H3,30,31)(H,33,35)(H,34,36)/t19-,25-,26+/m0/s1. The summed E-state index contributed by atoms with van der Waals surface area (Å²) in [6.07, 6.45) is 1.64. The fourth-order valence-electron chi connectivity index (χ4n) is 4.55. The summed E-state index contributed by atoms with van der Waals surface area (Å²) in [5.74, 6) is -0.133. The summed E-state index contributed by atoms with van der Waals surface area (Å²) in [5.41, 5.74) is 10.6. The summed E-state index contributed by atoms with van der Waals surface area (Å²) in [7, 11) is 0. The van der Waals surface area contributed by atoms with Gasteiger partial charge in [-0.3, -0.25) is 15.0 Å². The Morgan fingerprint density at radius 3 is 2.47 bits per heavy atom. The fourth-order valence-corrected chi connectivity index (χ4v) is 4.55. The van der Waals surface area contributed by atoms with Crippen molar-refractivity contribution >= 4 is 17.6 Å². The molecule has 0 spiro atoms. The number of nitrogen functional groups attached to an aromatic ring is 1. The summed E-state index contributed by atoms with van der Waals surface area (Å²) in [4.78, 5) is 25.5. The van der Waals surface area contributed by atoms with Gasteiger partial charge in [-0.15, -0.1) is 0 Å². The second-order valence-corrected chi connectivity index (χ2v) is 9.28. The molecule has 6 N–H and O–H groups in total. The van der Waals surface area contributed by atoms with E-state index in [1.165, 1.54) is 16.7 Å². The van der Waals surface area contributed by atoms with Crippen LogP contribution < -0.4 is 21.7 Å². The first-order valence-electron chi connectivity index (χ1n) is 12.3. The van der Waals surface area contributed by atoms with Gasteiger partial charge in [-0.25, -0.2) is 0 Å². The van der Waals surface area contributed by atoms with Crippen LogP contribution in [0.3, 0.4) is 0 Å². The Morgan fingerprint density at radius 2 is 1.75 bits per heavy atom. The molecular formula is C29H33N5O2. The van der Waals surface area contributed by atoms with Gasteiger partial charge in [0.1, 0.15) is 11.9 Å². The molecule has 0 saturated carbocycles. The molecule has 186 valence electrons. The molecule has 0 aromatic heterocycles. The Balaban J connectivity index is 1.31. The number of nitrogens with two attached hydrogens (primary N) is 1. The van der Waals surface area contributed by atoms with Crippen molar-refractivity contribution in [3.63, 3.8) is 0 Å². The van der Waals surface area contributed by atoms with Gasteiger partial charge in [0, 0.05) is 12.1 Å². The highest BCUT2D eigenvalue weighted by atomic mass is 16.2. The van der Waals surface area contributed by atoms with Gasteiger partial charge in [0.05, 0.1) is 6.04 Å². The predicted molar refractivity (Wildman–Crippen MR) is 143 cm³/mol. The lowest BCUT2D eigenvalue weighted by Gasteiger charge is -2.30. The number of rotatable bonds is 8. The van der Waals surface area contributed by atoms with Gasteiger partial charge in [-0.2, -0.15) is 0 Å². The molecule has 3 atom stereocenters. The molecule has 3 aromatic rings. The van der Waals surface area contributed by atoms with Crippen molar-refractivity contribution in [3.8, 4) is 11.1 Å². The molecule has 0 unspecified atom stereocenters. The van der Waals surface area contributed by atoms with Crippen molar-refractivity contribution in [2.45, 2.75) is 44.3 Å². The molecular weight excluding hydrogens is 450 g/mol. The van der Waals surface area contributed by atoms with Crippen molar-refractivity contribution in [3.05, 3.63) is 95.6 Å². The third-order valence-electron chi connectivity index (χ3n) is 6.67. The molecule has 0 radical (unpaired) electrons. The molecule has 2 amide bonds. The monoisotopic (exact) mass is 483 g/mol. The zero-order valence-corrected chi connectivity index (χ0v) is 20.5. The maximum Gasteiger partial charge on any atom is 0.242 e. The van der Waals surface area contributed by atoms with E-state index in [0.29, 0.717) is 18.5 Å². The Labute approximate surface area is 212 Å². The van der Waals surface area contributed by atoms with Crippen LogP contribution in [0.25, 0.3) is 11.1 Å². The number of piperidine rings is 1. The number of hydrogen-bond acceptors (Lipinski definition) is 4. The minimum absolute atomic E-state index is 0.00406. The van der Waals surface area contributed by atoms with Gasteiger partial charge in [0.15, 0.2) is 0 Å². The van der Waals surface area contributed by atoms with E-state index in [-0.39, 0.29) is 29.6 Å². The fraction of sp³-hybridized carbons (Fsp3) is 0.276. The van der Waals surface area contributed by atoms with Crippen molar-refractivity contribution < 1.29 is 9.59 Å². The first kappa shape index (κ1) is 25.1. The molecule has 1 aliphatic heterocycles. The molecule has 3 aromatic carbocycles. The Hall–Kier alpha value is -3.97. The van der Waals surface area contributed by atoms with E-state index in [1.54, 1.807) is 19.1 Å². The summed E-state index contributed by atoms with van der Waals surface area (Å²) in [5, 5.41) is 16.5. The minimum Gasteiger partial charge on any atom is -0.384 e. The van der Waals surface area contributed by atoms with E-state index in [1.807, 2.05) is 30.3 Å². The smallest absolute Gasteiger partial charge is 0.242 e. The third-order valence-corrected chi connectivity index (χ3v) is 6.67. The van der Waals surface area contributed by atoms with Crippen molar-refractivity contribution in [1.29, 1.82) is 5.41 Å². The topological polar surface area (TPSA) is 120 Å². The van der Waals surface area contributed by atoms with E-state index in [2.05, 4.69) is 52.3 Å². The maximum absolute atomic E-state index is 13.0. The van der Waals surface area contributed by atoms with E-state index in [9.17, 15) is 9.59 Å². The lowest BCUT2D eigenvalue weighted by atomic mass is 9.85. The lowest BCUT2D eigenvalue weighted by Crippen LogP contribution is -2.53. The first-order chi connectivity index (χ1) is 17.4. The summed E-state index contributed by atoms with van der Waals surface area (Å²) in [6.45, 7) is 2.77. The molecule has 1 heterocycles. The third kappa shape index (κ3) is 6.37. The van der Waals surface area contributed by atoms with Gasteiger partial charge < -0.3 is 21.7 Å². The van der Waals surface area contributed by atoms with Crippen molar-refractivity contribution in [2.24, 2.45) is 5.73 Å². The molecule has 7 nitrogen and oxygen atoms in total.